The number of hydrogen-bond acceptors (Lipinski definition) is 2. The van der Waals surface area contributed by atoms with Gasteiger partial charge in [-0.05, 0) is 28.8 Å². The van der Waals surface area contributed by atoms with E-state index in [2.05, 4.69) is 9.97 Å². The van der Waals surface area contributed by atoms with Gasteiger partial charge in [-0.25, -0.2) is 9.97 Å². The van der Waals surface area contributed by atoms with Gasteiger partial charge in [0.2, 0.25) is 5.28 Å². The van der Waals surface area contributed by atoms with Crippen LogP contribution in [0.4, 0.5) is 13.2 Å². The molecule has 1 aromatic carbocycles. The monoisotopic (exact) mass is 272 g/mol. The lowest BCUT2D eigenvalue weighted by atomic mass is 10.0. The van der Waals surface area contributed by atoms with Crippen molar-refractivity contribution >= 4 is 11.6 Å². The fourth-order valence-electron chi connectivity index (χ4n) is 1.52. The number of benzene rings is 1. The molecule has 0 N–H and O–H groups in total. The van der Waals surface area contributed by atoms with E-state index in [0.717, 1.165) is 12.1 Å². The summed E-state index contributed by atoms with van der Waals surface area (Å²) in [6, 6.07) is 5.18. The van der Waals surface area contributed by atoms with E-state index >= 15 is 0 Å². The van der Waals surface area contributed by atoms with E-state index in [-0.39, 0.29) is 5.28 Å². The van der Waals surface area contributed by atoms with Crippen LogP contribution >= 0.6 is 11.6 Å². The maximum Gasteiger partial charge on any atom is 0.416 e. The summed E-state index contributed by atoms with van der Waals surface area (Å²) < 4.78 is 37.6. The van der Waals surface area contributed by atoms with E-state index in [0.29, 0.717) is 17.5 Å². The van der Waals surface area contributed by atoms with Crippen molar-refractivity contribution in [2.75, 3.05) is 0 Å². The van der Waals surface area contributed by atoms with E-state index < -0.39 is 11.7 Å². The molecule has 0 radical (unpaired) electrons. The smallest absolute Gasteiger partial charge is 0.226 e. The molecule has 0 aliphatic heterocycles. The Morgan fingerprint density at radius 3 is 2.33 bits per heavy atom. The summed E-state index contributed by atoms with van der Waals surface area (Å²) >= 11 is 5.53. The Bertz CT molecular complexity index is 538. The van der Waals surface area contributed by atoms with Crippen molar-refractivity contribution < 1.29 is 13.2 Å². The van der Waals surface area contributed by atoms with Gasteiger partial charge in [-0.15, -0.1) is 0 Å². The number of alkyl halides is 3. The van der Waals surface area contributed by atoms with E-state index in [1.807, 2.05) is 0 Å². The molecule has 1 heterocycles. The quantitative estimate of drug-likeness (QED) is 0.778. The van der Waals surface area contributed by atoms with Gasteiger partial charge in [0, 0.05) is 18.8 Å². The molecule has 6 heteroatoms. The first-order valence-corrected chi connectivity index (χ1v) is 5.45. The molecule has 18 heavy (non-hydrogen) atoms. The molecule has 2 nitrogen and oxygen atoms in total. The Morgan fingerprint density at radius 1 is 1.06 bits per heavy atom. The largest absolute Gasteiger partial charge is 0.416 e. The maximum atomic E-state index is 12.5. The molecule has 0 bridgehead atoms. The van der Waals surface area contributed by atoms with Gasteiger partial charge in [-0.1, -0.05) is 18.2 Å². The van der Waals surface area contributed by atoms with Crippen molar-refractivity contribution in [3.63, 3.8) is 0 Å². The second-order valence-electron chi connectivity index (χ2n) is 3.74. The zero-order valence-corrected chi connectivity index (χ0v) is 9.83. The maximum absolute atomic E-state index is 12.5. The van der Waals surface area contributed by atoms with Crippen molar-refractivity contribution in [3.8, 4) is 0 Å². The molecule has 0 spiro atoms. The third-order valence-corrected chi connectivity index (χ3v) is 2.53. The lowest BCUT2D eigenvalue weighted by Crippen LogP contribution is -2.05. The van der Waals surface area contributed by atoms with Gasteiger partial charge in [0.1, 0.15) is 0 Å². The fourth-order valence-corrected chi connectivity index (χ4v) is 1.62. The molecular weight excluding hydrogens is 265 g/mol. The molecule has 0 unspecified atom stereocenters. The molecule has 0 amide bonds. The van der Waals surface area contributed by atoms with E-state index in [1.54, 1.807) is 6.07 Å². The van der Waals surface area contributed by atoms with E-state index in [4.69, 9.17) is 11.6 Å². The van der Waals surface area contributed by atoms with Crippen molar-refractivity contribution in [1.82, 2.24) is 9.97 Å². The third-order valence-electron chi connectivity index (χ3n) is 2.34. The van der Waals surface area contributed by atoms with Crippen molar-refractivity contribution in [3.05, 3.63) is 58.6 Å². The Balaban J connectivity index is 2.22. The second kappa shape index (κ2) is 4.94. The average molecular weight is 273 g/mol. The van der Waals surface area contributed by atoms with Crippen molar-refractivity contribution in [2.24, 2.45) is 0 Å². The van der Waals surface area contributed by atoms with Crippen LogP contribution in [0.5, 0.6) is 0 Å². The standard InChI is InChI=1S/C12H8ClF3N2/c13-11-17-6-9(7-18-11)4-8-2-1-3-10(5-8)12(14,15)16/h1-3,5-7H,4H2. The highest BCUT2D eigenvalue weighted by Crippen LogP contribution is 2.29. The molecule has 1 aromatic heterocycles. The number of aromatic nitrogens is 2. The van der Waals surface area contributed by atoms with Crippen LogP contribution in [-0.2, 0) is 12.6 Å². The van der Waals surface area contributed by atoms with Gasteiger partial charge in [-0.2, -0.15) is 13.2 Å². The molecule has 2 aromatic rings. The van der Waals surface area contributed by atoms with Crippen molar-refractivity contribution in [1.29, 1.82) is 0 Å². The Hall–Kier alpha value is -1.62. The minimum atomic E-state index is -4.33. The first-order valence-electron chi connectivity index (χ1n) is 5.08. The zero-order valence-electron chi connectivity index (χ0n) is 9.08. The molecule has 0 atom stereocenters. The summed E-state index contributed by atoms with van der Waals surface area (Å²) in [5, 5.41) is 0.114. The van der Waals surface area contributed by atoms with Gasteiger partial charge >= 0.3 is 6.18 Å². The summed E-state index contributed by atoms with van der Waals surface area (Å²) in [6.45, 7) is 0. The first kappa shape index (κ1) is 12.8. The summed E-state index contributed by atoms with van der Waals surface area (Å²) in [5.41, 5.74) is 0.601. The lowest BCUT2D eigenvalue weighted by Gasteiger charge is -2.08. The number of halogens is 4. The van der Waals surface area contributed by atoms with Gasteiger partial charge in [-0.3, -0.25) is 0 Å². The second-order valence-corrected chi connectivity index (χ2v) is 4.07. The highest BCUT2D eigenvalue weighted by atomic mass is 35.5. The van der Waals surface area contributed by atoms with Crippen molar-refractivity contribution in [2.45, 2.75) is 12.6 Å². The van der Waals surface area contributed by atoms with Crippen LogP contribution in [0.15, 0.2) is 36.7 Å². The van der Waals surface area contributed by atoms with Crippen LogP contribution in [0, 0.1) is 0 Å². The number of rotatable bonds is 2. The summed E-state index contributed by atoms with van der Waals surface area (Å²) in [6.07, 6.45) is -1.00. The zero-order chi connectivity index (χ0) is 13.2. The number of hydrogen-bond donors (Lipinski definition) is 0. The highest BCUT2D eigenvalue weighted by Gasteiger charge is 2.30. The molecule has 0 saturated heterocycles. The predicted molar refractivity (Wildman–Crippen MR) is 61.3 cm³/mol. The SMILES string of the molecule is FC(F)(F)c1cccc(Cc2cnc(Cl)nc2)c1. The van der Waals surface area contributed by atoms with Crippen LogP contribution in [0.3, 0.4) is 0 Å². The minimum Gasteiger partial charge on any atom is -0.226 e. The van der Waals surface area contributed by atoms with Crippen LogP contribution in [0.25, 0.3) is 0 Å². The van der Waals surface area contributed by atoms with Gasteiger partial charge in [0.05, 0.1) is 5.56 Å². The van der Waals surface area contributed by atoms with Crippen LogP contribution in [-0.4, -0.2) is 9.97 Å². The summed E-state index contributed by atoms with van der Waals surface area (Å²) in [7, 11) is 0. The Labute approximate surface area is 106 Å². The predicted octanol–water partition coefficient (Wildman–Crippen LogP) is 3.74. The molecule has 0 saturated carbocycles. The average Bonchev–Trinajstić information content (AvgIpc) is 2.31. The molecule has 0 aliphatic carbocycles. The first-order chi connectivity index (χ1) is 8.45. The van der Waals surface area contributed by atoms with Crippen LogP contribution < -0.4 is 0 Å². The van der Waals surface area contributed by atoms with Gasteiger partial charge in [0.15, 0.2) is 0 Å². The normalized spacial score (nSPS) is 11.6. The third kappa shape index (κ3) is 3.20. The molecular formula is C12H8ClF3N2. The van der Waals surface area contributed by atoms with Gasteiger partial charge < -0.3 is 0 Å². The lowest BCUT2D eigenvalue weighted by molar-refractivity contribution is -0.137. The minimum absolute atomic E-state index is 0.114. The topological polar surface area (TPSA) is 25.8 Å². The molecule has 94 valence electrons. The molecule has 2 rings (SSSR count). The summed E-state index contributed by atoms with van der Waals surface area (Å²) in [4.78, 5) is 7.56. The van der Waals surface area contributed by atoms with E-state index in [9.17, 15) is 13.2 Å². The number of nitrogens with zero attached hydrogens (tertiary/aromatic N) is 2. The van der Waals surface area contributed by atoms with Crippen LogP contribution in [0.1, 0.15) is 16.7 Å². The molecule has 0 aliphatic rings. The van der Waals surface area contributed by atoms with E-state index in [1.165, 1.54) is 18.5 Å². The van der Waals surface area contributed by atoms with Gasteiger partial charge in [0.25, 0.3) is 0 Å². The summed E-state index contributed by atoms with van der Waals surface area (Å²) in [5.74, 6) is 0. The Morgan fingerprint density at radius 2 is 1.72 bits per heavy atom. The highest BCUT2D eigenvalue weighted by molar-refractivity contribution is 6.28. The fraction of sp³-hybridized carbons (Fsp3) is 0.167. The Kier molecular flexibility index (Phi) is 3.52. The molecule has 0 fully saturated rings. The van der Waals surface area contributed by atoms with Crippen LogP contribution in [0.2, 0.25) is 5.28 Å².